The molecule has 4 unspecified atom stereocenters. The number of nitrogens with one attached hydrogen (secondary N) is 3. The SMILES string of the molecule is CC(NC(=O)C(N)CCC(N)=O)C(=O)NC(CC(N)=O)C(=O)NC(CO)C(=O)O. The van der Waals surface area contributed by atoms with Crippen LogP contribution in [0.5, 0.6) is 0 Å². The largest absolute Gasteiger partial charge is 0.480 e. The number of carboxylic acids is 1. The number of carboxylic acid groups (broad SMARTS) is 1. The molecule has 0 aliphatic carbocycles. The summed E-state index contributed by atoms with van der Waals surface area (Å²) in [6.07, 6.45) is -0.834. The van der Waals surface area contributed by atoms with Crippen LogP contribution in [0.15, 0.2) is 0 Å². The first kappa shape index (κ1) is 25.7. The van der Waals surface area contributed by atoms with Crippen LogP contribution in [0.25, 0.3) is 0 Å². The van der Waals surface area contributed by atoms with E-state index in [0.717, 1.165) is 0 Å². The number of aliphatic hydroxyl groups excluding tert-OH is 1. The van der Waals surface area contributed by atoms with Crippen LogP contribution >= 0.6 is 0 Å². The second-order valence-electron chi connectivity index (χ2n) is 6.16. The zero-order valence-electron chi connectivity index (χ0n) is 15.7. The van der Waals surface area contributed by atoms with Crippen molar-refractivity contribution in [2.24, 2.45) is 17.2 Å². The van der Waals surface area contributed by atoms with Crippen LogP contribution in [0.3, 0.4) is 0 Å². The highest BCUT2D eigenvalue weighted by atomic mass is 16.4. The average Bonchev–Trinajstić information content (AvgIpc) is 2.62. The van der Waals surface area contributed by atoms with Crippen molar-refractivity contribution in [3.8, 4) is 0 Å². The molecule has 164 valence electrons. The molecule has 0 radical (unpaired) electrons. The molecule has 11 N–H and O–H groups in total. The minimum Gasteiger partial charge on any atom is -0.480 e. The van der Waals surface area contributed by atoms with Crippen molar-refractivity contribution in [3.63, 3.8) is 0 Å². The highest BCUT2D eigenvalue weighted by Gasteiger charge is 2.29. The predicted molar refractivity (Wildman–Crippen MR) is 96.4 cm³/mol. The summed E-state index contributed by atoms with van der Waals surface area (Å²) in [7, 11) is 0. The molecular weight excluding hydrogens is 392 g/mol. The molecule has 0 heterocycles. The van der Waals surface area contributed by atoms with Crippen molar-refractivity contribution in [2.75, 3.05) is 6.61 Å². The van der Waals surface area contributed by atoms with Crippen LogP contribution in [-0.2, 0) is 28.8 Å². The van der Waals surface area contributed by atoms with Crippen LogP contribution in [0.4, 0.5) is 0 Å². The molecule has 5 amide bonds. The van der Waals surface area contributed by atoms with Crippen molar-refractivity contribution < 1.29 is 39.0 Å². The Balaban J connectivity index is 4.97. The van der Waals surface area contributed by atoms with E-state index in [1.54, 1.807) is 0 Å². The number of carbonyl (C=O) groups excluding carboxylic acids is 5. The Morgan fingerprint density at radius 2 is 1.41 bits per heavy atom. The second-order valence-corrected chi connectivity index (χ2v) is 6.16. The lowest BCUT2D eigenvalue weighted by molar-refractivity contribution is -0.143. The highest BCUT2D eigenvalue weighted by Crippen LogP contribution is 1.98. The minimum atomic E-state index is -1.66. The quantitative estimate of drug-likeness (QED) is 0.142. The van der Waals surface area contributed by atoms with Gasteiger partial charge in [-0.3, -0.25) is 24.0 Å². The van der Waals surface area contributed by atoms with E-state index >= 15 is 0 Å². The van der Waals surface area contributed by atoms with E-state index in [-0.39, 0.29) is 12.8 Å². The fourth-order valence-electron chi connectivity index (χ4n) is 1.98. The lowest BCUT2D eigenvalue weighted by Crippen LogP contribution is -2.57. The topological polar surface area (TPSA) is 257 Å². The van der Waals surface area contributed by atoms with Crippen LogP contribution < -0.4 is 33.2 Å². The van der Waals surface area contributed by atoms with Gasteiger partial charge in [0.2, 0.25) is 29.5 Å². The van der Waals surface area contributed by atoms with Gasteiger partial charge in [0.25, 0.3) is 0 Å². The fraction of sp³-hybridized carbons (Fsp3) is 0.600. The molecule has 0 aromatic carbocycles. The van der Waals surface area contributed by atoms with E-state index in [2.05, 4.69) is 10.6 Å². The van der Waals surface area contributed by atoms with Crippen molar-refractivity contribution in [2.45, 2.75) is 50.4 Å². The van der Waals surface area contributed by atoms with Crippen LogP contribution in [-0.4, -0.2) is 76.5 Å². The van der Waals surface area contributed by atoms with Gasteiger partial charge in [-0.15, -0.1) is 0 Å². The molecule has 0 rings (SSSR count). The van der Waals surface area contributed by atoms with Crippen molar-refractivity contribution in [3.05, 3.63) is 0 Å². The number of primary amides is 2. The average molecular weight is 418 g/mol. The smallest absolute Gasteiger partial charge is 0.328 e. The lowest BCUT2D eigenvalue weighted by atomic mass is 10.1. The predicted octanol–water partition coefficient (Wildman–Crippen LogP) is -4.99. The molecule has 29 heavy (non-hydrogen) atoms. The summed E-state index contributed by atoms with van der Waals surface area (Å²) in [6, 6.07) is -5.51. The number of hydrogen-bond acceptors (Lipinski definition) is 8. The Kier molecular flexibility index (Phi) is 10.9. The van der Waals surface area contributed by atoms with Crippen molar-refractivity contribution in [1.82, 2.24) is 16.0 Å². The van der Waals surface area contributed by atoms with E-state index in [9.17, 15) is 28.8 Å². The second kappa shape index (κ2) is 12.2. The first-order valence-corrected chi connectivity index (χ1v) is 8.46. The number of rotatable bonds is 13. The summed E-state index contributed by atoms with van der Waals surface area (Å²) in [5, 5.41) is 24.1. The summed E-state index contributed by atoms with van der Waals surface area (Å²) < 4.78 is 0. The summed E-state index contributed by atoms with van der Waals surface area (Å²) in [6.45, 7) is 0.342. The van der Waals surface area contributed by atoms with Crippen LogP contribution in [0.1, 0.15) is 26.2 Å². The summed E-state index contributed by atoms with van der Waals surface area (Å²) >= 11 is 0. The summed E-state index contributed by atoms with van der Waals surface area (Å²) in [5.41, 5.74) is 15.6. The zero-order valence-corrected chi connectivity index (χ0v) is 15.7. The Bertz CT molecular complexity index is 655. The van der Waals surface area contributed by atoms with E-state index < -0.39 is 72.7 Å². The number of hydrogen-bond donors (Lipinski definition) is 8. The fourth-order valence-corrected chi connectivity index (χ4v) is 1.98. The molecule has 0 aromatic heterocycles. The lowest BCUT2D eigenvalue weighted by Gasteiger charge is -2.22. The number of aliphatic carboxylic acids is 1. The maximum absolute atomic E-state index is 12.2. The molecule has 4 atom stereocenters. The molecule has 0 spiro atoms. The van der Waals surface area contributed by atoms with Gasteiger partial charge in [0.1, 0.15) is 18.1 Å². The number of amides is 5. The van der Waals surface area contributed by atoms with Gasteiger partial charge >= 0.3 is 5.97 Å². The number of aliphatic hydroxyl groups is 1. The first-order valence-electron chi connectivity index (χ1n) is 8.46. The van der Waals surface area contributed by atoms with Crippen LogP contribution in [0, 0.1) is 0 Å². The van der Waals surface area contributed by atoms with E-state index in [1.165, 1.54) is 6.92 Å². The number of carbonyl (C=O) groups is 6. The Morgan fingerprint density at radius 3 is 1.86 bits per heavy atom. The Labute approximate surface area is 165 Å². The molecule has 0 aliphatic heterocycles. The maximum atomic E-state index is 12.2. The van der Waals surface area contributed by atoms with E-state index in [1.807, 2.05) is 5.32 Å². The molecule has 0 aliphatic rings. The van der Waals surface area contributed by atoms with Gasteiger partial charge in [0.15, 0.2) is 0 Å². The number of nitrogens with two attached hydrogens (primary N) is 3. The van der Waals surface area contributed by atoms with Crippen molar-refractivity contribution >= 4 is 35.5 Å². The molecular formula is C15H26N6O8. The highest BCUT2D eigenvalue weighted by molar-refractivity contribution is 5.96. The van der Waals surface area contributed by atoms with E-state index in [4.69, 9.17) is 27.4 Å². The van der Waals surface area contributed by atoms with Gasteiger partial charge in [0, 0.05) is 6.42 Å². The summed E-state index contributed by atoms with van der Waals surface area (Å²) in [4.78, 5) is 69.0. The molecule has 0 fully saturated rings. The van der Waals surface area contributed by atoms with Crippen molar-refractivity contribution in [1.29, 1.82) is 0 Å². The Morgan fingerprint density at radius 1 is 0.862 bits per heavy atom. The molecule has 14 nitrogen and oxygen atoms in total. The normalized spacial score (nSPS) is 14.6. The molecule has 0 saturated heterocycles. The monoisotopic (exact) mass is 418 g/mol. The minimum absolute atomic E-state index is 0.0417. The Hall–Kier alpha value is -3.26. The molecule has 0 bridgehead atoms. The van der Waals surface area contributed by atoms with Gasteiger partial charge in [0.05, 0.1) is 19.1 Å². The third-order valence-corrected chi connectivity index (χ3v) is 3.63. The van der Waals surface area contributed by atoms with Gasteiger partial charge in [-0.05, 0) is 13.3 Å². The zero-order chi connectivity index (χ0) is 22.7. The van der Waals surface area contributed by atoms with Gasteiger partial charge in [-0.1, -0.05) is 0 Å². The van der Waals surface area contributed by atoms with Crippen LogP contribution in [0.2, 0.25) is 0 Å². The molecule has 0 saturated carbocycles. The standard InChI is InChI=1S/C15H26N6O8/c1-6(19-13(26)7(16)2-3-10(17)23)12(25)20-8(4-11(18)24)14(27)21-9(5-22)15(28)29/h6-9,22H,2-5,16H2,1H3,(H2,17,23)(H2,18,24)(H,19,26)(H,20,25)(H,21,27)(H,28,29). The summed E-state index contributed by atoms with van der Waals surface area (Å²) in [5.74, 6) is -5.87. The molecule has 0 aromatic rings. The first-order chi connectivity index (χ1) is 13.4. The third-order valence-electron chi connectivity index (χ3n) is 3.63. The molecule has 14 heteroatoms. The van der Waals surface area contributed by atoms with Gasteiger partial charge in [-0.2, -0.15) is 0 Å². The van der Waals surface area contributed by atoms with Gasteiger partial charge in [-0.25, -0.2) is 4.79 Å². The maximum Gasteiger partial charge on any atom is 0.328 e. The van der Waals surface area contributed by atoms with E-state index in [0.29, 0.717) is 0 Å². The third kappa shape index (κ3) is 10.0. The van der Waals surface area contributed by atoms with Gasteiger partial charge < -0.3 is 43.4 Å².